The average Bonchev–Trinajstić information content (AvgIpc) is 3.24. The zero-order valence-electron chi connectivity index (χ0n) is 17.1. The molecule has 0 spiro atoms. The van der Waals surface area contributed by atoms with Gasteiger partial charge in [0.05, 0.1) is 27.0 Å². The SMILES string of the molecule is Nc1cccc(-c2ccc3c(c2)c2c(=O)[nH]ccc2c2[nH]c(-c4c(F)cccc4Cl)nc32)c1. The van der Waals surface area contributed by atoms with E-state index in [9.17, 15) is 9.18 Å². The molecule has 4 N–H and O–H groups in total. The van der Waals surface area contributed by atoms with Crippen molar-refractivity contribution in [3.05, 3.63) is 94.1 Å². The summed E-state index contributed by atoms with van der Waals surface area (Å²) >= 11 is 6.29. The summed E-state index contributed by atoms with van der Waals surface area (Å²) in [7, 11) is 0. The second kappa shape index (κ2) is 7.18. The molecule has 160 valence electrons. The summed E-state index contributed by atoms with van der Waals surface area (Å²) in [5.41, 5.74) is 9.75. The van der Waals surface area contributed by atoms with E-state index in [1.165, 1.54) is 6.07 Å². The van der Waals surface area contributed by atoms with Gasteiger partial charge in [0.25, 0.3) is 5.56 Å². The lowest BCUT2D eigenvalue weighted by molar-refractivity contribution is 0.630. The van der Waals surface area contributed by atoms with Crippen molar-refractivity contribution in [1.82, 2.24) is 15.0 Å². The Hall–Kier alpha value is -4.16. The van der Waals surface area contributed by atoms with Crippen molar-refractivity contribution < 1.29 is 4.39 Å². The molecule has 0 aliphatic carbocycles. The fraction of sp³-hybridized carbons (Fsp3) is 0. The van der Waals surface area contributed by atoms with Crippen LogP contribution in [0.15, 0.2) is 77.7 Å². The topological polar surface area (TPSA) is 87.6 Å². The third kappa shape index (κ3) is 2.99. The normalized spacial score (nSPS) is 11.6. The summed E-state index contributed by atoms with van der Waals surface area (Å²) in [6.45, 7) is 0. The van der Waals surface area contributed by atoms with Crippen LogP contribution >= 0.6 is 11.6 Å². The van der Waals surface area contributed by atoms with Crippen LogP contribution in [0.25, 0.3) is 55.1 Å². The molecule has 0 atom stereocenters. The van der Waals surface area contributed by atoms with Crippen LogP contribution in [0.1, 0.15) is 0 Å². The first kappa shape index (κ1) is 19.5. The van der Waals surface area contributed by atoms with Gasteiger partial charge in [0.15, 0.2) is 0 Å². The number of rotatable bonds is 2. The second-order valence-corrected chi connectivity index (χ2v) is 8.29. The first-order chi connectivity index (χ1) is 16.0. The number of nitrogens with one attached hydrogen (secondary N) is 2. The summed E-state index contributed by atoms with van der Waals surface area (Å²) in [6.07, 6.45) is 1.59. The van der Waals surface area contributed by atoms with Crippen LogP contribution in [0, 0.1) is 5.82 Å². The highest BCUT2D eigenvalue weighted by molar-refractivity contribution is 6.33. The number of nitrogen functional groups attached to an aromatic ring is 1. The zero-order valence-corrected chi connectivity index (χ0v) is 17.9. The number of aromatic amines is 2. The number of benzene rings is 4. The predicted octanol–water partition coefficient (Wildman–Crippen LogP) is 6.27. The molecule has 0 radical (unpaired) electrons. The van der Waals surface area contributed by atoms with Crippen molar-refractivity contribution in [1.29, 1.82) is 0 Å². The van der Waals surface area contributed by atoms with Gasteiger partial charge < -0.3 is 15.7 Å². The Bertz CT molecular complexity index is 1770. The Morgan fingerprint density at radius 3 is 2.55 bits per heavy atom. The molecule has 0 fully saturated rings. The molecule has 6 rings (SSSR count). The van der Waals surface area contributed by atoms with Gasteiger partial charge in [0.2, 0.25) is 0 Å². The standard InChI is InChI=1S/C26H16ClFN4O/c27-19-5-2-6-20(28)22(19)25-31-23-16-8-7-14(13-3-1-4-15(29)11-13)12-18(16)21-17(24(23)32-25)9-10-30-26(21)33/h1-12H,29H2,(H,30,33)(H,31,32). The fourth-order valence-corrected chi connectivity index (χ4v) is 4.67. The molecule has 0 aliphatic heterocycles. The Balaban J connectivity index is 1.74. The molecule has 6 aromatic rings. The molecule has 5 nitrogen and oxygen atoms in total. The Morgan fingerprint density at radius 2 is 1.73 bits per heavy atom. The zero-order chi connectivity index (χ0) is 22.7. The van der Waals surface area contributed by atoms with Gasteiger partial charge in [-0.3, -0.25) is 4.79 Å². The fourth-order valence-electron chi connectivity index (χ4n) is 4.42. The van der Waals surface area contributed by atoms with Crippen LogP contribution in [0.5, 0.6) is 0 Å². The Kier molecular flexibility index (Phi) is 4.25. The highest BCUT2D eigenvalue weighted by atomic mass is 35.5. The van der Waals surface area contributed by atoms with E-state index in [-0.39, 0.29) is 16.1 Å². The molecular weight excluding hydrogens is 439 g/mol. The highest BCUT2D eigenvalue weighted by Crippen LogP contribution is 2.37. The van der Waals surface area contributed by atoms with Crippen molar-refractivity contribution in [3.63, 3.8) is 0 Å². The minimum Gasteiger partial charge on any atom is -0.399 e. The molecular formula is C26H16ClFN4O. The van der Waals surface area contributed by atoms with Crippen LogP contribution in [-0.2, 0) is 0 Å². The number of pyridine rings is 1. The van der Waals surface area contributed by atoms with E-state index in [2.05, 4.69) is 9.97 Å². The number of fused-ring (bicyclic) bond motifs is 6. The van der Waals surface area contributed by atoms with E-state index < -0.39 is 5.82 Å². The van der Waals surface area contributed by atoms with Crippen LogP contribution in [-0.4, -0.2) is 15.0 Å². The third-order valence-corrected chi connectivity index (χ3v) is 6.21. The largest absolute Gasteiger partial charge is 0.399 e. The summed E-state index contributed by atoms with van der Waals surface area (Å²) in [4.78, 5) is 23.6. The average molecular weight is 455 g/mol. The van der Waals surface area contributed by atoms with Crippen LogP contribution in [0.4, 0.5) is 10.1 Å². The lowest BCUT2D eigenvalue weighted by Crippen LogP contribution is -2.05. The molecule has 33 heavy (non-hydrogen) atoms. The summed E-state index contributed by atoms with van der Waals surface area (Å²) < 4.78 is 14.6. The number of halogens is 2. The number of nitrogens with two attached hydrogens (primary N) is 1. The third-order valence-electron chi connectivity index (χ3n) is 5.90. The summed E-state index contributed by atoms with van der Waals surface area (Å²) in [5.74, 6) is -0.168. The molecule has 2 aromatic heterocycles. The van der Waals surface area contributed by atoms with Gasteiger partial charge in [0.1, 0.15) is 11.6 Å². The predicted molar refractivity (Wildman–Crippen MR) is 132 cm³/mol. The minimum absolute atomic E-state index is 0.192. The maximum Gasteiger partial charge on any atom is 0.256 e. The van der Waals surface area contributed by atoms with Crippen LogP contribution in [0.3, 0.4) is 0 Å². The smallest absolute Gasteiger partial charge is 0.256 e. The van der Waals surface area contributed by atoms with E-state index in [0.29, 0.717) is 33.3 Å². The number of H-pyrrole nitrogens is 2. The number of anilines is 1. The van der Waals surface area contributed by atoms with Gasteiger partial charge in [-0.2, -0.15) is 0 Å². The molecule has 0 unspecified atom stereocenters. The van der Waals surface area contributed by atoms with Crippen molar-refractivity contribution in [2.24, 2.45) is 0 Å². The molecule has 4 aromatic carbocycles. The van der Waals surface area contributed by atoms with Crippen LogP contribution in [0.2, 0.25) is 5.02 Å². The summed E-state index contributed by atoms with van der Waals surface area (Å²) in [5, 5.41) is 3.00. The Morgan fingerprint density at radius 1 is 0.909 bits per heavy atom. The number of nitrogens with zero attached hydrogens (tertiary/aromatic N) is 1. The molecule has 0 aliphatic rings. The van der Waals surface area contributed by atoms with E-state index in [1.54, 1.807) is 18.3 Å². The van der Waals surface area contributed by atoms with E-state index in [0.717, 1.165) is 21.9 Å². The first-order valence-electron chi connectivity index (χ1n) is 10.3. The quantitative estimate of drug-likeness (QED) is 0.213. The second-order valence-electron chi connectivity index (χ2n) is 7.89. The van der Waals surface area contributed by atoms with Gasteiger partial charge >= 0.3 is 0 Å². The lowest BCUT2D eigenvalue weighted by atomic mass is 9.96. The number of hydrogen-bond donors (Lipinski definition) is 3. The van der Waals surface area contributed by atoms with Crippen molar-refractivity contribution in [3.8, 4) is 22.5 Å². The van der Waals surface area contributed by atoms with Crippen LogP contribution < -0.4 is 11.3 Å². The monoisotopic (exact) mass is 454 g/mol. The molecule has 2 heterocycles. The molecule has 7 heteroatoms. The van der Waals surface area contributed by atoms with E-state index in [1.807, 2.05) is 48.5 Å². The summed E-state index contributed by atoms with van der Waals surface area (Å²) in [6, 6.07) is 19.7. The van der Waals surface area contributed by atoms with Gasteiger partial charge in [-0.15, -0.1) is 0 Å². The van der Waals surface area contributed by atoms with E-state index >= 15 is 0 Å². The maximum absolute atomic E-state index is 14.6. The number of aromatic nitrogens is 3. The van der Waals surface area contributed by atoms with Crippen molar-refractivity contribution in [2.75, 3.05) is 5.73 Å². The molecule has 0 bridgehead atoms. The van der Waals surface area contributed by atoms with E-state index in [4.69, 9.17) is 22.3 Å². The molecule has 0 amide bonds. The molecule has 0 saturated heterocycles. The number of hydrogen-bond acceptors (Lipinski definition) is 3. The van der Waals surface area contributed by atoms with Gasteiger partial charge in [0, 0.05) is 22.7 Å². The Labute approximate surface area is 191 Å². The van der Waals surface area contributed by atoms with Gasteiger partial charge in [-0.25, -0.2) is 9.37 Å². The highest BCUT2D eigenvalue weighted by Gasteiger charge is 2.19. The van der Waals surface area contributed by atoms with Crippen molar-refractivity contribution in [2.45, 2.75) is 0 Å². The minimum atomic E-state index is -0.475. The lowest BCUT2D eigenvalue weighted by Gasteiger charge is -2.09. The first-order valence-corrected chi connectivity index (χ1v) is 10.7. The number of imidazole rings is 1. The van der Waals surface area contributed by atoms with Gasteiger partial charge in [-0.1, -0.05) is 41.9 Å². The van der Waals surface area contributed by atoms with Crippen molar-refractivity contribution >= 4 is 49.9 Å². The molecule has 0 saturated carbocycles. The van der Waals surface area contributed by atoms with Gasteiger partial charge in [-0.05, 0) is 52.9 Å². The maximum atomic E-state index is 14.6.